The van der Waals surface area contributed by atoms with E-state index < -0.39 is 0 Å². The number of amides is 2. The van der Waals surface area contributed by atoms with Gasteiger partial charge in [0.05, 0.1) is 51.6 Å². The highest BCUT2D eigenvalue weighted by Crippen LogP contribution is 2.33. The zero-order chi connectivity index (χ0) is 35.3. The van der Waals surface area contributed by atoms with E-state index in [0.29, 0.717) is 38.4 Å². The molecule has 0 spiro atoms. The van der Waals surface area contributed by atoms with Crippen molar-refractivity contribution in [1.29, 1.82) is 0 Å². The van der Waals surface area contributed by atoms with E-state index >= 15 is 0 Å². The lowest BCUT2D eigenvalue weighted by atomic mass is 10.1. The van der Waals surface area contributed by atoms with Gasteiger partial charge >= 0.3 is 0 Å². The van der Waals surface area contributed by atoms with Gasteiger partial charge in [-0.05, 0) is 48.5 Å². The number of hydrogen-bond donors (Lipinski definition) is 1. The van der Waals surface area contributed by atoms with Gasteiger partial charge in [0.25, 0.3) is 11.8 Å². The SMILES string of the molecule is C.C.Nc1ncnc2c1C(=O)N(c1ccc3c(ccn3C3COC3)c1)CCO2.O=C1c2c(Cl)ncnc2OCCN1c1ccc2c(ccn2C2COC2)c1. The number of halogens is 1. The molecule has 4 aromatic heterocycles. The van der Waals surface area contributed by atoms with E-state index in [4.69, 9.17) is 36.3 Å². The normalized spacial score (nSPS) is 16.9. The third kappa shape index (κ3) is 6.33. The fourth-order valence-electron chi connectivity index (χ4n) is 6.81. The Morgan fingerprint density at radius 2 is 1.13 bits per heavy atom. The number of nitrogen functional groups attached to an aromatic ring is 1. The average molecular weight is 754 g/mol. The first-order chi connectivity index (χ1) is 25.4. The molecule has 0 bridgehead atoms. The van der Waals surface area contributed by atoms with Crippen LogP contribution in [0, 0.1) is 0 Å². The van der Waals surface area contributed by atoms with Crippen molar-refractivity contribution >= 4 is 62.4 Å². The van der Waals surface area contributed by atoms with Gasteiger partial charge in [-0.1, -0.05) is 26.5 Å². The molecule has 16 heteroatoms. The van der Waals surface area contributed by atoms with Crippen molar-refractivity contribution in [2.75, 3.05) is 68.3 Å². The Balaban J connectivity index is 0.000000161. The van der Waals surface area contributed by atoms with Crippen LogP contribution in [0.25, 0.3) is 21.8 Å². The second kappa shape index (κ2) is 14.9. The smallest absolute Gasteiger partial charge is 0.267 e. The first kappa shape index (κ1) is 36.6. The molecule has 4 aliphatic rings. The Kier molecular flexibility index (Phi) is 10.1. The number of ether oxygens (including phenoxy) is 4. The first-order valence-electron chi connectivity index (χ1n) is 16.8. The van der Waals surface area contributed by atoms with Gasteiger partial charge in [-0.25, -0.2) is 19.9 Å². The summed E-state index contributed by atoms with van der Waals surface area (Å²) >= 11 is 6.12. The van der Waals surface area contributed by atoms with Gasteiger partial charge in [0.2, 0.25) is 11.8 Å². The van der Waals surface area contributed by atoms with Crippen molar-refractivity contribution < 1.29 is 28.5 Å². The number of benzene rings is 2. The first-order valence-corrected chi connectivity index (χ1v) is 17.2. The summed E-state index contributed by atoms with van der Waals surface area (Å²) in [5.41, 5.74) is 10.2. The van der Waals surface area contributed by atoms with Gasteiger partial charge in [-0.2, -0.15) is 0 Å². The van der Waals surface area contributed by atoms with E-state index in [1.165, 1.54) is 12.7 Å². The van der Waals surface area contributed by atoms with Crippen LogP contribution in [0.4, 0.5) is 17.2 Å². The van der Waals surface area contributed by atoms with Crippen LogP contribution in [0.5, 0.6) is 11.8 Å². The Bertz CT molecular complexity index is 2190. The predicted octanol–water partition coefficient (Wildman–Crippen LogP) is 5.59. The molecule has 0 atom stereocenters. The fraction of sp³-hybridized carbons (Fsp3) is 0.316. The van der Waals surface area contributed by atoms with Crippen LogP contribution in [-0.2, 0) is 9.47 Å². The summed E-state index contributed by atoms with van der Waals surface area (Å²) in [4.78, 5) is 45.3. The topological polar surface area (TPSA) is 165 Å². The minimum absolute atomic E-state index is 0. The highest BCUT2D eigenvalue weighted by Gasteiger charge is 2.31. The molecule has 8 heterocycles. The third-order valence-corrected chi connectivity index (χ3v) is 9.98. The van der Waals surface area contributed by atoms with Crippen LogP contribution in [0.15, 0.2) is 73.6 Å². The van der Waals surface area contributed by atoms with Crippen LogP contribution in [-0.4, -0.2) is 93.6 Å². The van der Waals surface area contributed by atoms with E-state index in [1.54, 1.807) is 9.80 Å². The molecule has 4 aliphatic heterocycles. The molecule has 2 fully saturated rings. The lowest BCUT2D eigenvalue weighted by Gasteiger charge is -2.28. The molecule has 2 saturated heterocycles. The van der Waals surface area contributed by atoms with Crippen LogP contribution >= 0.6 is 11.6 Å². The molecule has 0 aliphatic carbocycles. The van der Waals surface area contributed by atoms with Crippen molar-refractivity contribution in [2.24, 2.45) is 0 Å². The zero-order valence-corrected chi connectivity index (χ0v) is 28.5. The second-order valence-electron chi connectivity index (χ2n) is 12.7. The maximum atomic E-state index is 13.0. The highest BCUT2D eigenvalue weighted by molar-refractivity contribution is 6.33. The van der Waals surface area contributed by atoms with Crippen LogP contribution in [0.1, 0.15) is 47.7 Å². The molecule has 10 rings (SSSR count). The fourth-order valence-corrected chi connectivity index (χ4v) is 7.01. The van der Waals surface area contributed by atoms with E-state index in [-0.39, 0.29) is 60.5 Å². The molecule has 0 radical (unpaired) electrons. The maximum Gasteiger partial charge on any atom is 0.267 e. The van der Waals surface area contributed by atoms with Crippen molar-refractivity contribution in [3.8, 4) is 11.8 Å². The Morgan fingerprint density at radius 3 is 1.63 bits per heavy atom. The Labute approximate surface area is 316 Å². The molecule has 2 amide bonds. The number of rotatable bonds is 4. The molecule has 2 N–H and O–H groups in total. The molecule has 0 unspecified atom stereocenters. The van der Waals surface area contributed by atoms with Crippen molar-refractivity contribution in [2.45, 2.75) is 26.9 Å². The molecule has 280 valence electrons. The molecular weight excluding hydrogens is 714 g/mol. The van der Waals surface area contributed by atoms with Gasteiger partial charge in [0, 0.05) is 45.6 Å². The highest BCUT2D eigenvalue weighted by atomic mass is 35.5. The van der Waals surface area contributed by atoms with Gasteiger partial charge in [-0.3, -0.25) is 9.59 Å². The molecule has 2 aromatic carbocycles. The summed E-state index contributed by atoms with van der Waals surface area (Å²) in [7, 11) is 0. The van der Waals surface area contributed by atoms with Crippen LogP contribution in [0.3, 0.4) is 0 Å². The number of hydrogen-bond acceptors (Lipinski definition) is 11. The number of carbonyl (C=O) groups is 2. The summed E-state index contributed by atoms with van der Waals surface area (Å²) in [5, 5.41) is 2.25. The van der Waals surface area contributed by atoms with Crippen LogP contribution in [0.2, 0.25) is 5.15 Å². The van der Waals surface area contributed by atoms with Gasteiger partial charge in [0.1, 0.15) is 48.0 Å². The monoisotopic (exact) mass is 753 g/mol. The third-order valence-electron chi connectivity index (χ3n) is 9.69. The summed E-state index contributed by atoms with van der Waals surface area (Å²) in [5.74, 6) is 0.0945. The van der Waals surface area contributed by atoms with E-state index in [9.17, 15) is 9.59 Å². The van der Waals surface area contributed by atoms with Crippen molar-refractivity contribution in [1.82, 2.24) is 29.1 Å². The summed E-state index contributed by atoms with van der Waals surface area (Å²) in [6.07, 6.45) is 6.73. The molecule has 54 heavy (non-hydrogen) atoms. The number of anilines is 3. The molecule has 0 saturated carbocycles. The summed E-state index contributed by atoms with van der Waals surface area (Å²) in [6.45, 7) is 4.46. The number of fused-ring (bicyclic) bond motifs is 4. The second-order valence-corrected chi connectivity index (χ2v) is 13.1. The van der Waals surface area contributed by atoms with Gasteiger partial charge in [-0.15, -0.1) is 0 Å². The molecular formula is C38H40ClN9O6. The summed E-state index contributed by atoms with van der Waals surface area (Å²) in [6, 6.07) is 16.9. The lowest BCUT2D eigenvalue weighted by molar-refractivity contribution is -0.0214. The minimum atomic E-state index is -0.255. The van der Waals surface area contributed by atoms with E-state index in [2.05, 4.69) is 53.6 Å². The standard InChI is InChI=1S/C18H15ClN4O3.C18H17N5O3.2CH4/c2*19-16-15-17(21-10-20-16)26-6-5-23(18(15)24)12-1-2-14-11(7-12)3-4-22(14)13-8-25-9-13;;/h1-4,7,10,13H,5-6,8-9H2;1-4,7,10,13H,5-6,8-9H2,(H2,19,20,21);2*1H4. The van der Waals surface area contributed by atoms with Crippen LogP contribution < -0.4 is 25.0 Å². The van der Waals surface area contributed by atoms with Gasteiger partial charge < -0.3 is 43.6 Å². The molecule has 15 nitrogen and oxygen atoms in total. The maximum absolute atomic E-state index is 13.0. The lowest BCUT2D eigenvalue weighted by Crippen LogP contribution is -2.32. The largest absolute Gasteiger partial charge is 0.475 e. The Morgan fingerprint density at radius 1 is 0.648 bits per heavy atom. The summed E-state index contributed by atoms with van der Waals surface area (Å²) < 4.78 is 26.2. The quantitative estimate of drug-likeness (QED) is 0.223. The zero-order valence-electron chi connectivity index (χ0n) is 27.7. The van der Waals surface area contributed by atoms with Gasteiger partial charge in [0.15, 0.2) is 0 Å². The minimum Gasteiger partial charge on any atom is -0.475 e. The Hall–Kier alpha value is -5.77. The molecule has 6 aromatic rings. The van der Waals surface area contributed by atoms with Crippen molar-refractivity contribution in [3.05, 3.63) is 89.9 Å². The number of nitrogens with two attached hydrogens (primary N) is 1. The van der Waals surface area contributed by atoms with E-state index in [1.807, 2.05) is 36.4 Å². The number of nitrogens with zero attached hydrogens (tertiary/aromatic N) is 8. The van der Waals surface area contributed by atoms with Crippen molar-refractivity contribution in [3.63, 3.8) is 0 Å². The van der Waals surface area contributed by atoms with E-state index in [0.717, 1.165) is 59.6 Å². The number of carbonyl (C=O) groups excluding carboxylic acids is 2. The average Bonchev–Trinajstić information content (AvgIpc) is 3.59. The predicted molar refractivity (Wildman–Crippen MR) is 205 cm³/mol. The number of aromatic nitrogens is 6.